The van der Waals surface area contributed by atoms with Crippen molar-refractivity contribution in [3.05, 3.63) is 126 Å². The SMILES string of the molecule is Cl.Cl.O=C(Cc1nc(CCNC[C@H](O)c2ccccc2)cn1-c1ccc2ccccc2c1)Nc1ccccc1. The van der Waals surface area contributed by atoms with Crippen molar-refractivity contribution in [1.29, 1.82) is 0 Å². The molecule has 0 unspecified atom stereocenters. The van der Waals surface area contributed by atoms with E-state index in [2.05, 4.69) is 41.0 Å². The summed E-state index contributed by atoms with van der Waals surface area (Å²) in [7, 11) is 0. The molecule has 1 aromatic heterocycles. The molecular weight excluding hydrogens is 531 g/mol. The van der Waals surface area contributed by atoms with Crippen molar-refractivity contribution >= 4 is 47.2 Å². The number of hydrogen-bond acceptors (Lipinski definition) is 4. The molecule has 202 valence electrons. The van der Waals surface area contributed by atoms with Gasteiger partial charge in [-0.25, -0.2) is 4.98 Å². The molecular formula is C31H32Cl2N4O2. The molecule has 0 aliphatic carbocycles. The molecule has 1 heterocycles. The molecule has 1 atom stereocenters. The van der Waals surface area contributed by atoms with Gasteiger partial charge in [0, 0.05) is 37.1 Å². The third-order valence-corrected chi connectivity index (χ3v) is 6.30. The van der Waals surface area contributed by atoms with Crippen LogP contribution in [-0.4, -0.2) is 33.7 Å². The number of nitrogens with zero attached hydrogens (tertiary/aromatic N) is 2. The molecule has 5 aromatic rings. The number of para-hydroxylation sites is 1. The second-order valence-electron chi connectivity index (χ2n) is 9.02. The number of amides is 1. The van der Waals surface area contributed by atoms with Gasteiger partial charge in [0.05, 0.1) is 18.2 Å². The van der Waals surface area contributed by atoms with Crippen molar-refractivity contribution in [2.24, 2.45) is 0 Å². The minimum atomic E-state index is -0.561. The highest BCUT2D eigenvalue weighted by atomic mass is 35.5. The smallest absolute Gasteiger partial charge is 0.231 e. The quantitative estimate of drug-likeness (QED) is 0.185. The first-order chi connectivity index (χ1) is 18.2. The Morgan fingerprint density at radius 3 is 2.26 bits per heavy atom. The number of aromatic nitrogens is 2. The first-order valence-electron chi connectivity index (χ1n) is 12.5. The molecule has 0 saturated carbocycles. The van der Waals surface area contributed by atoms with Gasteiger partial charge in [-0.2, -0.15) is 0 Å². The molecule has 6 nitrogen and oxygen atoms in total. The number of nitrogens with one attached hydrogen (secondary N) is 2. The monoisotopic (exact) mass is 562 g/mol. The lowest BCUT2D eigenvalue weighted by Gasteiger charge is -2.11. The maximum atomic E-state index is 12.9. The van der Waals surface area contributed by atoms with Gasteiger partial charge in [0.2, 0.25) is 5.91 Å². The Hall–Kier alpha value is -3.68. The van der Waals surface area contributed by atoms with Crippen LogP contribution < -0.4 is 10.6 Å². The number of carbonyl (C=O) groups excluding carboxylic acids is 1. The normalized spacial score (nSPS) is 11.3. The summed E-state index contributed by atoms with van der Waals surface area (Å²) in [6, 6.07) is 33.6. The van der Waals surface area contributed by atoms with E-state index in [1.807, 2.05) is 83.6 Å². The molecule has 0 radical (unpaired) electrons. The number of rotatable bonds is 10. The van der Waals surface area contributed by atoms with E-state index in [-0.39, 0.29) is 37.1 Å². The van der Waals surface area contributed by atoms with Gasteiger partial charge in [0.25, 0.3) is 0 Å². The highest BCUT2D eigenvalue weighted by molar-refractivity contribution is 5.92. The maximum absolute atomic E-state index is 12.9. The second-order valence-corrected chi connectivity index (χ2v) is 9.02. The maximum Gasteiger partial charge on any atom is 0.231 e. The van der Waals surface area contributed by atoms with E-state index >= 15 is 0 Å². The van der Waals surface area contributed by atoms with Crippen molar-refractivity contribution in [2.75, 3.05) is 18.4 Å². The number of carbonyl (C=O) groups is 1. The molecule has 0 aliphatic heterocycles. The number of imidazole rings is 1. The number of hydrogen-bond donors (Lipinski definition) is 3. The lowest BCUT2D eigenvalue weighted by atomic mass is 10.1. The zero-order valence-electron chi connectivity index (χ0n) is 21.4. The van der Waals surface area contributed by atoms with Crippen LogP contribution in [0, 0.1) is 0 Å². The summed E-state index contributed by atoms with van der Waals surface area (Å²) in [6.45, 7) is 1.12. The highest BCUT2D eigenvalue weighted by Crippen LogP contribution is 2.21. The van der Waals surface area contributed by atoms with Gasteiger partial charge < -0.3 is 20.3 Å². The number of fused-ring (bicyclic) bond motifs is 1. The Labute approximate surface area is 240 Å². The van der Waals surface area contributed by atoms with E-state index in [4.69, 9.17) is 4.98 Å². The zero-order valence-corrected chi connectivity index (χ0v) is 23.0. The van der Waals surface area contributed by atoms with Gasteiger partial charge in [0.1, 0.15) is 5.82 Å². The fourth-order valence-corrected chi connectivity index (χ4v) is 4.39. The number of aliphatic hydroxyl groups is 1. The molecule has 3 N–H and O–H groups in total. The molecule has 0 spiro atoms. The van der Waals surface area contributed by atoms with Crippen molar-refractivity contribution in [1.82, 2.24) is 14.9 Å². The fraction of sp³-hybridized carbons (Fsp3) is 0.161. The van der Waals surface area contributed by atoms with Crippen LogP contribution in [0.15, 0.2) is 109 Å². The topological polar surface area (TPSA) is 79.2 Å². The average molecular weight is 564 g/mol. The zero-order chi connectivity index (χ0) is 25.5. The summed E-state index contributed by atoms with van der Waals surface area (Å²) in [6.07, 6.45) is 2.27. The third-order valence-electron chi connectivity index (χ3n) is 6.30. The van der Waals surface area contributed by atoms with E-state index in [9.17, 15) is 9.90 Å². The van der Waals surface area contributed by atoms with Crippen LogP contribution >= 0.6 is 24.8 Å². The lowest BCUT2D eigenvalue weighted by molar-refractivity contribution is -0.115. The van der Waals surface area contributed by atoms with Crippen LogP contribution in [0.1, 0.15) is 23.2 Å². The van der Waals surface area contributed by atoms with Gasteiger partial charge in [-0.1, -0.05) is 78.9 Å². The first kappa shape index (κ1) is 29.9. The summed E-state index contributed by atoms with van der Waals surface area (Å²) < 4.78 is 2.01. The van der Waals surface area contributed by atoms with Crippen LogP contribution in [0.25, 0.3) is 16.5 Å². The van der Waals surface area contributed by atoms with Gasteiger partial charge in [-0.3, -0.25) is 4.79 Å². The van der Waals surface area contributed by atoms with Crippen molar-refractivity contribution in [3.8, 4) is 5.69 Å². The summed E-state index contributed by atoms with van der Waals surface area (Å²) in [5, 5.41) is 19.0. The Morgan fingerprint density at radius 1 is 0.846 bits per heavy atom. The number of benzene rings is 4. The van der Waals surface area contributed by atoms with E-state index in [1.54, 1.807) is 0 Å². The van der Waals surface area contributed by atoms with Crippen molar-refractivity contribution in [2.45, 2.75) is 18.9 Å². The summed E-state index contributed by atoms with van der Waals surface area (Å²) >= 11 is 0. The third kappa shape index (κ3) is 7.91. The molecule has 0 fully saturated rings. The molecule has 0 aliphatic rings. The van der Waals surface area contributed by atoms with E-state index in [0.717, 1.165) is 33.4 Å². The molecule has 4 aromatic carbocycles. The van der Waals surface area contributed by atoms with Crippen LogP contribution in [0.3, 0.4) is 0 Å². The minimum absolute atomic E-state index is 0. The van der Waals surface area contributed by atoms with Crippen molar-refractivity contribution < 1.29 is 9.90 Å². The highest BCUT2D eigenvalue weighted by Gasteiger charge is 2.15. The largest absolute Gasteiger partial charge is 0.387 e. The molecule has 8 heteroatoms. The average Bonchev–Trinajstić information content (AvgIpc) is 3.33. The Kier molecular flexibility index (Phi) is 11.1. The minimum Gasteiger partial charge on any atom is -0.387 e. The predicted molar refractivity (Wildman–Crippen MR) is 162 cm³/mol. The van der Waals surface area contributed by atoms with Crippen LogP contribution in [-0.2, 0) is 17.6 Å². The van der Waals surface area contributed by atoms with Crippen LogP contribution in [0.4, 0.5) is 5.69 Å². The molecule has 39 heavy (non-hydrogen) atoms. The van der Waals surface area contributed by atoms with E-state index < -0.39 is 6.10 Å². The van der Waals surface area contributed by atoms with Gasteiger partial charge in [-0.15, -0.1) is 24.8 Å². The van der Waals surface area contributed by atoms with Gasteiger partial charge in [-0.05, 0) is 40.6 Å². The standard InChI is InChI=1S/C31H30N4O2.2ClH/c36-29(24-10-3-1-4-11-24)21-32-18-17-27-22-35(28-16-15-23-9-7-8-12-25(23)19-28)30(33-27)20-31(37)34-26-13-5-2-6-14-26;;/h1-16,19,22,29,32,36H,17-18,20-21H2,(H,34,37);2*1H/t29-;;/m0../s1. The second kappa shape index (κ2) is 14.5. The van der Waals surface area contributed by atoms with Gasteiger partial charge >= 0.3 is 0 Å². The molecule has 0 bridgehead atoms. The molecule has 1 amide bonds. The summed E-state index contributed by atoms with van der Waals surface area (Å²) in [5.41, 5.74) is 3.50. The Balaban J connectivity index is 0.00000210. The van der Waals surface area contributed by atoms with Crippen molar-refractivity contribution in [3.63, 3.8) is 0 Å². The molecule has 5 rings (SSSR count). The first-order valence-corrected chi connectivity index (χ1v) is 12.5. The Bertz CT molecular complexity index is 1480. The van der Waals surface area contributed by atoms with Crippen LogP contribution in [0.2, 0.25) is 0 Å². The fourth-order valence-electron chi connectivity index (χ4n) is 4.39. The van der Waals surface area contributed by atoms with E-state index in [1.165, 1.54) is 0 Å². The van der Waals surface area contributed by atoms with Gasteiger partial charge in [0.15, 0.2) is 0 Å². The Morgan fingerprint density at radius 2 is 1.51 bits per heavy atom. The lowest BCUT2D eigenvalue weighted by Crippen LogP contribution is -2.23. The summed E-state index contributed by atoms with van der Waals surface area (Å²) in [4.78, 5) is 17.7. The number of aliphatic hydroxyl groups excluding tert-OH is 1. The molecule has 0 saturated heterocycles. The van der Waals surface area contributed by atoms with E-state index in [0.29, 0.717) is 25.3 Å². The number of halogens is 2. The number of anilines is 1. The van der Waals surface area contributed by atoms with Crippen LogP contribution in [0.5, 0.6) is 0 Å². The predicted octanol–water partition coefficient (Wildman–Crippen LogP) is 5.92. The summed E-state index contributed by atoms with van der Waals surface area (Å²) in [5.74, 6) is 0.567.